The minimum Gasteiger partial charge on any atom is -0.379 e. The van der Waals surface area contributed by atoms with Gasteiger partial charge >= 0.3 is 0 Å². The summed E-state index contributed by atoms with van der Waals surface area (Å²) < 4.78 is 10.8. The highest BCUT2D eigenvalue weighted by Gasteiger charge is 2.35. The molecule has 0 fully saturated rings. The molecule has 0 atom stereocenters. The molecular formula is C24H28N2O5. The van der Waals surface area contributed by atoms with Crippen molar-refractivity contribution in [1.82, 2.24) is 10.2 Å². The molecule has 1 N–H and O–H groups in total. The molecule has 31 heavy (non-hydrogen) atoms. The second-order valence-corrected chi connectivity index (χ2v) is 7.41. The number of rotatable bonds is 11. The van der Waals surface area contributed by atoms with Gasteiger partial charge in [-0.15, -0.1) is 0 Å². The summed E-state index contributed by atoms with van der Waals surface area (Å²) >= 11 is 0. The Morgan fingerprint density at radius 2 is 1.71 bits per heavy atom. The Morgan fingerprint density at radius 1 is 0.968 bits per heavy atom. The average molecular weight is 424 g/mol. The van der Waals surface area contributed by atoms with Crippen LogP contribution in [0.5, 0.6) is 0 Å². The Hall–Kier alpha value is -3.03. The smallest absolute Gasteiger partial charge is 0.261 e. The van der Waals surface area contributed by atoms with Gasteiger partial charge in [-0.25, -0.2) is 0 Å². The number of fused-ring (bicyclic) bond motifs is 1. The zero-order chi connectivity index (χ0) is 22.2. The quantitative estimate of drug-likeness (QED) is 0.443. The van der Waals surface area contributed by atoms with E-state index in [1.807, 2.05) is 38.1 Å². The van der Waals surface area contributed by atoms with E-state index in [1.165, 1.54) is 0 Å². The van der Waals surface area contributed by atoms with Gasteiger partial charge in [-0.2, -0.15) is 0 Å². The molecule has 1 aliphatic heterocycles. The maximum absolute atomic E-state index is 12.5. The molecule has 164 valence electrons. The number of carbonyl (C=O) groups excluding carboxylic acids is 3. The normalized spacial score (nSPS) is 12.9. The average Bonchev–Trinajstić information content (AvgIpc) is 3.00. The minimum atomic E-state index is -0.343. The molecule has 1 heterocycles. The lowest BCUT2D eigenvalue weighted by Gasteiger charge is -2.13. The van der Waals surface area contributed by atoms with Crippen molar-refractivity contribution in [3.05, 3.63) is 70.3 Å². The van der Waals surface area contributed by atoms with Gasteiger partial charge in [0.05, 0.1) is 30.9 Å². The molecule has 0 aromatic heterocycles. The van der Waals surface area contributed by atoms with Crippen molar-refractivity contribution in [2.24, 2.45) is 0 Å². The van der Waals surface area contributed by atoms with Crippen molar-refractivity contribution >= 4 is 17.7 Å². The van der Waals surface area contributed by atoms with Gasteiger partial charge in [0.1, 0.15) is 0 Å². The third-order valence-electron chi connectivity index (χ3n) is 5.01. The number of nitrogens with one attached hydrogen (secondary N) is 1. The van der Waals surface area contributed by atoms with Gasteiger partial charge in [-0.1, -0.05) is 35.9 Å². The highest BCUT2D eigenvalue weighted by Crippen LogP contribution is 2.23. The second-order valence-electron chi connectivity index (χ2n) is 7.41. The maximum Gasteiger partial charge on any atom is 0.261 e. The standard InChI is InChI=1S/C24H28N2O5/c1-3-30-11-12-31-16-19-6-4-5-18(14-19)15-25-22(27)9-10-26-23(28)20-8-7-17(2)13-21(20)24(26)29/h4-8,13-14H,3,9-12,15-16H2,1-2H3,(H,25,27). The summed E-state index contributed by atoms with van der Waals surface area (Å²) in [5.74, 6) is -0.899. The van der Waals surface area contributed by atoms with E-state index in [1.54, 1.807) is 18.2 Å². The van der Waals surface area contributed by atoms with Crippen LogP contribution in [-0.4, -0.2) is 49.0 Å². The number of imide groups is 1. The van der Waals surface area contributed by atoms with Crippen molar-refractivity contribution in [1.29, 1.82) is 0 Å². The molecule has 2 aromatic rings. The Kier molecular flexibility index (Phi) is 7.92. The molecule has 7 heteroatoms. The van der Waals surface area contributed by atoms with E-state index in [9.17, 15) is 14.4 Å². The van der Waals surface area contributed by atoms with E-state index in [0.29, 0.717) is 44.1 Å². The third kappa shape index (κ3) is 5.99. The summed E-state index contributed by atoms with van der Waals surface area (Å²) in [6.07, 6.45) is 0.0602. The summed E-state index contributed by atoms with van der Waals surface area (Å²) in [4.78, 5) is 38.3. The van der Waals surface area contributed by atoms with Crippen LogP contribution in [0.4, 0.5) is 0 Å². The minimum absolute atomic E-state index is 0.0602. The molecule has 0 bridgehead atoms. The number of ether oxygens (including phenoxy) is 2. The number of nitrogens with zero attached hydrogens (tertiary/aromatic N) is 1. The van der Waals surface area contributed by atoms with Crippen LogP contribution in [0.1, 0.15) is 50.8 Å². The van der Waals surface area contributed by atoms with Gasteiger partial charge in [0.15, 0.2) is 0 Å². The lowest BCUT2D eigenvalue weighted by molar-refractivity contribution is -0.121. The molecule has 0 spiro atoms. The van der Waals surface area contributed by atoms with Crippen LogP contribution >= 0.6 is 0 Å². The van der Waals surface area contributed by atoms with Gasteiger partial charge in [0, 0.05) is 26.1 Å². The first-order valence-corrected chi connectivity index (χ1v) is 10.5. The highest BCUT2D eigenvalue weighted by molar-refractivity contribution is 6.21. The lowest BCUT2D eigenvalue weighted by atomic mass is 10.1. The predicted molar refractivity (Wildman–Crippen MR) is 116 cm³/mol. The van der Waals surface area contributed by atoms with E-state index in [-0.39, 0.29) is 30.7 Å². The number of aryl methyl sites for hydroxylation is 1. The van der Waals surface area contributed by atoms with Gasteiger partial charge in [-0.3, -0.25) is 19.3 Å². The topological polar surface area (TPSA) is 84.9 Å². The summed E-state index contributed by atoms with van der Waals surface area (Å²) in [5.41, 5.74) is 3.70. The number of amides is 3. The molecular weight excluding hydrogens is 396 g/mol. The monoisotopic (exact) mass is 424 g/mol. The molecule has 7 nitrogen and oxygen atoms in total. The Bertz CT molecular complexity index is 957. The van der Waals surface area contributed by atoms with Crippen molar-refractivity contribution in [3.8, 4) is 0 Å². The van der Waals surface area contributed by atoms with Crippen LogP contribution in [-0.2, 0) is 27.4 Å². The van der Waals surface area contributed by atoms with Crippen molar-refractivity contribution < 1.29 is 23.9 Å². The third-order valence-corrected chi connectivity index (χ3v) is 5.01. The van der Waals surface area contributed by atoms with Gasteiger partial charge in [-0.05, 0) is 37.1 Å². The molecule has 0 aliphatic carbocycles. The number of hydrogen-bond donors (Lipinski definition) is 1. The zero-order valence-corrected chi connectivity index (χ0v) is 18.0. The van der Waals surface area contributed by atoms with Crippen LogP contribution in [0, 0.1) is 6.92 Å². The molecule has 0 radical (unpaired) electrons. The fourth-order valence-corrected chi connectivity index (χ4v) is 3.39. The predicted octanol–water partition coefficient (Wildman–Crippen LogP) is 2.85. The van der Waals surface area contributed by atoms with Crippen LogP contribution in [0.25, 0.3) is 0 Å². The SMILES string of the molecule is CCOCCOCc1cccc(CNC(=O)CCN2C(=O)c3ccc(C)cc3C2=O)c1. The number of benzene rings is 2. The largest absolute Gasteiger partial charge is 0.379 e. The Morgan fingerprint density at radius 3 is 2.52 bits per heavy atom. The molecule has 3 rings (SSSR count). The second kappa shape index (κ2) is 10.8. The summed E-state index contributed by atoms with van der Waals surface area (Å²) in [5, 5.41) is 2.85. The first-order valence-electron chi connectivity index (χ1n) is 10.5. The lowest BCUT2D eigenvalue weighted by Crippen LogP contribution is -2.34. The molecule has 2 aromatic carbocycles. The van der Waals surface area contributed by atoms with E-state index >= 15 is 0 Å². The van der Waals surface area contributed by atoms with Crippen LogP contribution in [0.15, 0.2) is 42.5 Å². The zero-order valence-electron chi connectivity index (χ0n) is 18.0. The number of carbonyl (C=O) groups is 3. The summed E-state index contributed by atoms with van der Waals surface area (Å²) in [6.45, 7) is 6.50. The van der Waals surface area contributed by atoms with Crippen LogP contribution in [0.3, 0.4) is 0 Å². The van der Waals surface area contributed by atoms with Gasteiger partial charge < -0.3 is 14.8 Å². The first-order chi connectivity index (χ1) is 15.0. The van der Waals surface area contributed by atoms with Gasteiger partial charge in [0.25, 0.3) is 11.8 Å². The Balaban J connectivity index is 1.44. The van der Waals surface area contributed by atoms with Crippen molar-refractivity contribution in [2.45, 2.75) is 33.4 Å². The first kappa shape index (κ1) is 22.7. The van der Waals surface area contributed by atoms with Crippen LogP contribution < -0.4 is 5.32 Å². The maximum atomic E-state index is 12.5. The summed E-state index contributed by atoms with van der Waals surface area (Å²) in [6, 6.07) is 13.0. The molecule has 1 aliphatic rings. The number of hydrogen-bond acceptors (Lipinski definition) is 5. The van der Waals surface area contributed by atoms with E-state index in [0.717, 1.165) is 21.6 Å². The van der Waals surface area contributed by atoms with Gasteiger partial charge in [0.2, 0.25) is 5.91 Å². The van der Waals surface area contributed by atoms with E-state index < -0.39 is 0 Å². The van der Waals surface area contributed by atoms with Crippen molar-refractivity contribution in [2.75, 3.05) is 26.4 Å². The molecule has 0 saturated carbocycles. The highest BCUT2D eigenvalue weighted by atomic mass is 16.5. The fourth-order valence-electron chi connectivity index (χ4n) is 3.39. The van der Waals surface area contributed by atoms with E-state index in [4.69, 9.17) is 9.47 Å². The molecule has 0 saturated heterocycles. The van der Waals surface area contributed by atoms with Crippen LogP contribution in [0.2, 0.25) is 0 Å². The molecule has 0 unspecified atom stereocenters. The van der Waals surface area contributed by atoms with E-state index in [2.05, 4.69) is 5.32 Å². The fraction of sp³-hybridized carbons (Fsp3) is 0.375. The summed E-state index contributed by atoms with van der Waals surface area (Å²) in [7, 11) is 0. The van der Waals surface area contributed by atoms with Crippen molar-refractivity contribution in [3.63, 3.8) is 0 Å². The molecule has 3 amide bonds. The Labute approximate surface area is 182 Å².